The van der Waals surface area contributed by atoms with Crippen molar-refractivity contribution in [2.75, 3.05) is 13.1 Å². The Labute approximate surface area is 84.5 Å². The van der Waals surface area contributed by atoms with E-state index in [0.29, 0.717) is 13.1 Å². The lowest BCUT2D eigenvalue weighted by molar-refractivity contribution is -0.0349. The van der Waals surface area contributed by atoms with Crippen molar-refractivity contribution in [2.24, 2.45) is 0 Å². The van der Waals surface area contributed by atoms with Gasteiger partial charge in [0.05, 0.1) is 19.4 Å². The maximum absolute atomic E-state index is 11.4. The highest BCUT2D eigenvalue weighted by Crippen LogP contribution is 2.16. The standard InChI is InChI=1S/C10H17NO3/c1-5-13-8-6-11(7-8)9(12)14-10(2,3)4/h5,8H,1,6-7H2,2-4H3. The van der Waals surface area contributed by atoms with Crippen molar-refractivity contribution >= 4 is 6.09 Å². The summed E-state index contributed by atoms with van der Waals surface area (Å²) in [6.45, 7) is 10.2. The molecule has 0 atom stereocenters. The fourth-order valence-electron chi connectivity index (χ4n) is 1.14. The van der Waals surface area contributed by atoms with E-state index >= 15 is 0 Å². The summed E-state index contributed by atoms with van der Waals surface area (Å²) in [5, 5.41) is 0. The zero-order valence-corrected chi connectivity index (χ0v) is 8.95. The van der Waals surface area contributed by atoms with Crippen LogP contribution in [0.4, 0.5) is 4.79 Å². The van der Waals surface area contributed by atoms with Gasteiger partial charge in [0, 0.05) is 0 Å². The number of carbonyl (C=O) groups excluding carboxylic acids is 1. The molecule has 1 saturated heterocycles. The Morgan fingerprint density at radius 2 is 2.07 bits per heavy atom. The highest BCUT2D eigenvalue weighted by Gasteiger charge is 2.34. The van der Waals surface area contributed by atoms with Crippen LogP contribution in [-0.4, -0.2) is 35.8 Å². The quantitative estimate of drug-likeness (QED) is 0.636. The van der Waals surface area contributed by atoms with Gasteiger partial charge in [-0.05, 0) is 20.8 Å². The minimum Gasteiger partial charge on any atom is -0.495 e. The highest BCUT2D eigenvalue weighted by molar-refractivity contribution is 5.69. The molecule has 0 N–H and O–H groups in total. The topological polar surface area (TPSA) is 38.8 Å². The number of amides is 1. The van der Waals surface area contributed by atoms with E-state index in [1.54, 1.807) is 4.90 Å². The number of hydrogen-bond acceptors (Lipinski definition) is 3. The van der Waals surface area contributed by atoms with Crippen LogP contribution in [-0.2, 0) is 9.47 Å². The highest BCUT2D eigenvalue weighted by atomic mass is 16.6. The van der Waals surface area contributed by atoms with Gasteiger partial charge < -0.3 is 14.4 Å². The Kier molecular flexibility index (Phi) is 3.03. The van der Waals surface area contributed by atoms with Crippen molar-refractivity contribution in [1.29, 1.82) is 0 Å². The SMILES string of the molecule is C=COC1CN(C(=O)OC(C)(C)C)C1. The normalized spacial score (nSPS) is 17.2. The average molecular weight is 199 g/mol. The molecule has 0 saturated carbocycles. The zero-order valence-electron chi connectivity index (χ0n) is 8.95. The molecule has 1 heterocycles. The number of carbonyl (C=O) groups is 1. The van der Waals surface area contributed by atoms with Gasteiger partial charge >= 0.3 is 6.09 Å². The van der Waals surface area contributed by atoms with E-state index in [1.165, 1.54) is 6.26 Å². The van der Waals surface area contributed by atoms with Crippen molar-refractivity contribution in [3.8, 4) is 0 Å². The van der Waals surface area contributed by atoms with E-state index < -0.39 is 5.60 Å². The minimum absolute atomic E-state index is 0.0834. The van der Waals surface area contributed by atoms with Gasteiger partial charge in [-0.3, -0.25) is 0 Å². The van der Waals surface area contributed by atoms with E-state index in [4.69, 9.17) is 9.47 Å². The van der Waals surface area contributed by atoms with Crippen LogP contribution in [0.2, 0.25) is 0 Å². The Morgan fingerprint density at radius 3 is 2.50 bits per heavy atom. The third-order valence-corrected chi connectivity index (χ3v) is 1.79. The van der Waals surface area contributed by atoms with E-state index in [9.17, 15) is 4.79 Å². The number of likely N-dealkylation sites (tertiary alicyclic amines) is 1. The van der Waals surface area contributed by atoms with Crippen LogP contribution in [0.25, 0.3) is 0 Å². The summed E-state index contributed by atoms with van der Waals surface area (Å²) >= 11 is 0. The average Bonchev–Trinajstić information content (AvgIpc) is 1.91. The van der Waals surface area contributed by atoms with Crippen molar-refractivity contribution in [1.82, 2.24) is 4.90 Å². The zero-order chi connectivity index (χ0) is 10.8. The lowest BCUT2D eigenvalue weighted by atomic mass is 10.2. The molecule has 0 aromatic heterocycles. The Hall–Kier alpha value is -1.19. The number of rotatable bonds is 2. The second-order valence-electron chi connectivity index (χ2n) is 4.31. The van der Waals surface area contributed by atoms with E-state index in [2.05, 4.69) is 6.58 Å². The first-order valence-electron chi connectivity index (χ1n) is 4.66. The van der Waals surface area contributed by atoms with Crippen LogP contribution in [0.3, 0.4) is 0 Å². The summed E-state index contributed by atoms with van der Waals surface area (Å²) in [4.78, 5) is 13.0. The van der Waals surface area contributed by atoms with Crippen LogP contribution in [0.15, 0.2) is 12.8 Å². The molecule has 1 amide bonds. The molecule has 1 rings (SSSR count). The minimum atomic E-state index is -0.429. The Morgan fingerprint density at radius 1 is 1.50 bits per heavy atom. The first-order valence-corrected chi connectivity index (χ1v) is 4.66. The Balaban J connectivity index is 2.26. The number of hydrogen-bond donors (Lipinski definition) is 0. The van der Waals surface area contributed by atoms with E-state index in [0.717, 1.165) is 0 Å². The fraction of sp³-hybridized carbons (Fsp3) is 0.700. The predicted octanol–water partition coefficient (Wildman–Crippen LogP) is 1.77. The molecule has 0 aromatic rings. The lowest BCUT2D eigenvalue weighted by Gasteiger charge is -2.38. The summed E-state index contributed by atoms with van der Waals surface area (Å²) in [6.07, 6.45) is 1.21. The summed E-state index contributed by atoms with van der Waals surface area (Å²) in [5.74, 6) is 0. The maximum atomic E-state index is 11.4. The first-order chi connectivity index (χ1) is 6.42. The first kappa shape index (κ1) is 10.9. The second kappa shape index (κ2) is 3.90. The fourth-order valence-corrected chi connectivity index (χ4v) is 1.14. The van der Waals surface area contributed by atoms with Gasteiger partial charge in [0.1, 0.15) is 11.7 Å². The smallest absolute Gasteiger partial charge is 0.410 e. The van der Waals surface area contributed by atoms with Crippen molar-refractivity contribution in [3.63, 3.8) is 0 Å². The molecule has 80 valence electrons. The lowest BCUT2D eigenvalue weighted by Crippen LogP contribution is -2.55. The summed E-state index contributed by atoms with van der Waals surface area (Å²) < 4.78 is 10.3. The molecule has 1 fully saturated rings. The molecule has 4 nitrogen and oxygen atoms in total. The van der Waals surface area contributed by atoms with Gasteiger partial charge in [-0.25, -0.2) is 4.79 Å². The predicted molar refractivity (Wildman–Crippen MR) is 52.9 cm³/mol. The largest absolute Gasteiger partial charge is 0.495 e. The van der Waals surface area contributed by atoms with Crippen LogP contribution in [0.5, 0.6) is 0 Å². The molecular formula is C10H17NO3. The third kappa shape index (κ3) is 2.94. The molecule has 0 unspecified atom stereocenters. The van der Waals surface area contributed by atoms with Gasteiger partial charge in [-0.2, -0.15) is 0 Å². The summed E-state index contributed by atoms with van der Waals surface area (Å²) in [6, 6.07) is 0. The van der Waals surface area contributed by atoms with Crippen LogP contribution in [0, 0.1) is 0 Å². The van der Waals surface area contributed by atoms with E-state index in [-0.39, 0.29) is 12.2 Å². The molecule has 0 spiro atoms. The third-order valence-electron chi connectivity index (χ3n) is 1.79. The van der Waals surface area contributed by atoms with Gasteiger partial charge in [-0.15, -0.1) is 0 Å². The molecule has 4 heteroatoms. The van der Waals surface area contributed by atoms with Gasteiger partial charge in [0.15, 0.2) is 0 Å². The number of ether oxygens (including phenoxy) is 2. The molecule has 1 aliphatic heterocycles. The summed E-state index contributed by atoms with van der Waals surface area (Å²) in [7, 11) is 0. The van der Waals surface area contributed by atoms with Crippen LogP contribution < -0.4 is 0 Å². The molecule has 0 radical (unpaired) electrons. The second-order valence-corrected chi connectivity index (χ2v) is 4.31. The van der Waals surface area contributed by atoms with Gasteiger partial charge in [-0.1, -0.05) is 6.58 Å². The van der Waals surface area contributed by atoms with E-state index in [1.807, 2.05) is 20.8 Å². The van der Waals surface area contributed by atoms with Crippen molar-refractivity contribution in [3.05, 3.63) is 12.8 Å². The van der Waals surface area contributed by atoms with Crippen LogP contribution >= 0.6 is 0 Å². The molecule has 0 aromatic carbocycles. The Bertz CT molecular complexity index is 226. The van der Waals surface area contributed by atoms with Crippen molar-refractivity contribution in [2.45, 2.75) is 32.5 Å². The molecule has 0 aliphatic carbocycles. The molecule has 0 bridgehead atoms. The summed E-state index contributed by atoms with van der Waals surface area (Å²) in [5.41, 5.74) is -0.429. The van der Waals surface area contributed by atoms with Crippen molar-refractivity contribution < 1.29 is 14.3 Å². The van der Waals surface area contributed by atoms with Crippen LogP contribution in [0.1, 0.15) is 20.8 Å². The molecular weight excluding hydrogens is 182 g/mol. The molecule has 1 aliphatic rings. The monoisotopic (exact) mass is 199 g/mol. The number of nitrogens with zero attached hydrogens (tertiary/aromatic N) is 1. The van der Waals surface area contributed by atoms with Gasteiger partial charge in [0.2, 0.25) is 0 Å². The molecule has 14 heavy (non-hydrogen) atoms. The van der Waals surface area contributed by atoms with Gasteiger partial charge in [0.25, 0.3) is 0 Å². The maximum Gasteiger partial charge on any atom is 0.410 e.